The van der Waals surface area contributed by atoms with Gasteiger partial charge in [-0.15, -0.1) is 0 Å². The summed E-state index contributed by atoms with van der Waals surface area (Å²) in [5, 5.41) is 0. The first-order valence-electron chi connectivity index (χ1n) is 8.41. The Hall–Kier alpha value is -2.00. The monoisotopic (exact) mass is 313 g/mol. The van der Waals surface area contributed by atoms with Crippen LogP contribution in [-0.2, 0) is 6.42 Å². The van der Waals surface area contributed by atoms with Gasteiger partial charge in [0.15, 0.2) is 0 Å². The van der Waals surface area contributed by atoms with Crippen molar-refractivity contribution in [2.75, 3.05) is 19.8 Å². The van der Waals surface area contributed by atoms with Gasteiger partial charge in [-0.1, -0.05) is 31.2 Å². The number of hydrogen-bond donors (Lipinski definition) is 1. The molecule has 2 rings (SSSR count). The van der Waals surface area contributed by atoms with E-state index in [1.165, 1.54) is 11.1 Å². The minimum absolute atomic E-state index is 0.306. The summed E-state index contributed by atoms with van der Waals surface area (Å²) >= 11 is 0. The quantitative estimate of drug-likeness (QED) is 0.756. The fourth-order valence-corrected chi connectivity index (χ4v) is 2.60. The number of hydrogen-bond acceptors (Lipinski definition) is 3. The van der Waals surface area contributed by atoms with Crippen LogP contribution < -0.4 is 15.2 Å². The van der Waals surface area contributed by atoms with Gasteiger partial charge >= 0.3 is 0 Å². The molecular formula is C20H27NO2. The van der Waals surface area contributed by atoms with Crippen molar-refractivity contribution in [2.45, 2.75) is 32.6 Å². The Bertz CT molecular complexity index is 580. The largest absolute Gasteiger partial charge is 0.494 e. The van der Waals surface area contributed by atoms with E-state index >= 15 is 0 Å². The highest BCUT2D eigenvalue weighted by Gasteiger charge is 2.10. The Morgan fingerprint density at radius 3 is 2.39 bits per heavy atom. The molecule has 23 heavy (non-hydrogen) atoms. The smallest absolute Gasteiger partial charge is 0.119 e. The molecule has 2 N–H and O–H groups in total. The molecule has 1 atom stereocenters. The van der Waals surface area contributed by atoms with Crippen LogP contribution in [0.15, 0.2) is 48.5 Å². The average Bonchev–Trinajstić information content (AvgIpc) is 2.60. The second-order valence-electron chi connectivity index (χ2n) is 5.57. The predicted molar refractivity (Wildman–Crippen MR) is 95.3 cm³/mol. The Kier molecular flexibility index (Phi) is 6.95. The van der Waals surface area contributed by atoms with Crippen molar-refractivity contribution in [3.8, 4) is 11.5 Å². The zero-order chi connectivity index (χ0) is 16.5. The van der Waals surface area contributed by atoms with Crippen molar-refractivity contribution in [3.63, 3.8) is 0 Å². The molecule has 3 nitrogen and oxygen atoms in total. The van der Waals surface area contributed by atoms with E-state index in [1.54, 1.807) is 0 Å². The molecule has 0 radical (unpaired) electrons. The van der Waals surface area contributed by atoms with Gasteiger partial charge in [-0.2, -0.15) is 0 Å². The summed E-state index contributed by atoms with van der Waals surface area (Å²) in [6, 6.07) is 16.5. The van der Waals surface area contributed by atoms with Crippen LogP contribution in [0.2, 0.25) is 0 Å². The first kappa shape index (κ1) is 17.4. The first-order valence-corrected chi connectivity index (χ1v) is 8.41. The summed E-state index contributed by atoms with van der Waals surface area (Å²) in [7, 11) is 0. The second kappa shape index (κ2) is 9.21. The molecule has 2 aromatic carbocycles. The maximum absolute atomic E-state index is 5.94. The van der Waals surface area contributed by atoms with E-state index in [0.29, 0.717) is 25.7 Å². The second-order valence-corrected chi connectivity index (χ2v) is 5.57. The number of ether oxygens (including phenoxy) is 2. The van der Waals surface area contributed by atoms with E-state index in [4.69, 9.17) is 15.2 Å². The molecule has 0 saturated heterocycles. The van der Waals surface area contributed by atoms with E-state index < -0.39 is 0 Å². The van der Waals surface area contributed by atoms with Crippen molar-refractivity contribution in [1.29, 1.82) is 0 Å². The van der Waals surface area contributed by atoms with E-state index in [1.807, 2.05) is 31.2 Å². The Morgan fingerprint density at radius 2 is 1.74 bits per heavy atom. The van der Waals surface area contributed by atoms with E-state index in [9.17, 15) is 0 Å². The van der Waals surface area contributed by atoms with Gasteiger partial charge in [-0.05, 0) is 67.6 Å². The van der Waals surface area contributed by atoms with Crippen LogP contribution in [0.1, 0.15) is 37.3 Å². The number of benzene rings is 2. The first-order chi connectivity index (χ1) is 11.3. The lowest BCUT2D eigenvalue weighted by Crippen LogP contribution is -2.15. The zero-order valence-electron chi connectivity index (χ0n) is 14.1. The molecule has 1 unspecified atom stereocenters. The van der Waals surface area contributed by atoms with Crippen LogP contribution >= 0.6 is 0 Å². The SMILES string of the molecule is CCOc1ccc(C(CN)CCOc2cccc(CC)c2)cc1. The average molecular weight is 313 g/mol. The number of nitrogens with two attached hydrogens (primary N) is 1. The van der Waals surface area contributed by atoms with Gasteiger partial charge in [0.1, 0.15) is 11.5 Å². The summed E-state index contributed by atoms with van der Waals surface area (Å²) in [5.74, 6) is 2.14. The van der Waals surface area contributed by atoms with Gasteiger partial charge in [-0.3, -0.25) is 0 Å². The highest BCUT2D eigenvalue weighted by molar-refractivity contribution is 5.30. The molecule has 0 amide bonds. The van der Waals surface area contributed by atoms with Crippen LogP contribution in [0.5, 0.6) is 11.5 Å². The Morgan fingerprint density at radius 1 is 0.957 bits per heavy atom. The molecule has 0 spiro atoms. The molecule has 0 saturated carbocycles. The van der Waals surface area contributed by atoms with Crippen LogP contribution in [0.3, 0.4) is 0 Å². The molecule has 2 aromatic rings. The summed E-state index contributed by atoms with van der Waals surface area (Å²) in [5.41, 5.74) is 8.47. The van der Waals surface area contributed by atoms with Gasteiger partial charge in [-0.25, -0.2) is 0 Å². The van der Waals surface area contributed by atoms with Gasteiger partial charge in [0.25, 0.3) is 0 Å². The fourth-order valence-electron chi connectivity index (χ4n) is 2.60. The van der Waals surface area contributed by atoms with E-state index in [2.05, 4.69) is 31.2 Å². The van der Waals surface area contributed by atoms with Crippen LogP contribution in [0.25, 0.3) is 0 Å². The van der Waals surface area contributed by atoms with Crippen LogP contribution in [-0.4, -0.2) is 19.8 Å². The minimum Gasteiger partial charge on any atom is -0.494 e. The van der Waals surface area contributed by atoms with Crippen LogP contribution in [0, 0.1) is 0 Å². The molecule has 0 heterocycles. The van der Waals surface area contributed by atoms with Crippen molar-refractivity contribution < 1.29 is 9.47 Å². The van der Waals surface area contributed by atoms with E-state index in [0.717, 1.165) is 24.3 Å². The van der Waals surface area contributed by atoms with Crippen molar-refractivity contribution in [1.82, 2.24) is 0 Å². The number of aryl methyl sites for hydroxylation is 1. The Balaban J connectivity index is 1.89. The van der Waals surface area contributed by atoms with Gasteiger partial charge in [0.2, 0.25) is 0 Å². The standard InChI is InChI=1S/C20H27NO2/c1-3-16-6-5-7-20(14-16)23-13-12-18(15-21)17-8-10-19(11-9-17)22-4-2/h5-11,14,18H,3-4,12-13,15,21H2,1-2H3. The molecule has 0 fully saturated rings. The van der Waals surface area contributed by atoms with Gasteiger partial charge in [0, 0.05) is 0 Å². The Labute approximate surface area is 139 Å². The van der Waals surface area contributed by atoms with Gasteiger partial charge < -0.3 is 15.2 Å². The molecule has 124 valence electrons. The minimum atomic E-state index is 0.306. The molecule has 0 aliphatic carbocycles. The third kappa shape index (κ3) is 5.29. The summed E-state index contributed by atoms with van der Waals surface area (Å²) in [6.45, 7) is 6.11. The fraction of sp³-hybridized carbons (Fsp3) is 0.400. The lowest BCUT2D eigenvalue weighted by Gasteiger charge is -2.16. The lowest BCUT2D eigenvalue weighted by molar-refractivity contribution is 0.298. The molecule has 0 aliphatic rings. The van der Waals surface area contributed by atoms with Crippen molar-refractivity contribution in [3.05, 3.63) is 59.7 Å². The maximum atomic E-state index is 5.94. The molecule has 0 bridgehead atoms. The van der Waals surface area contributed by atoms with Crippen LogP contribution in [0.4, 0.5) is 0 Å². The molecular weight excluding hydrogens is 286 g/mol. The third-order valence-electron chi connectivity index (χ3n) is 3.99. The van der Waals surface area contributed by atoms with Crippen molar-refractivity contribution in [2.24, 2.45) is 5.73 Å². The summed E-state index contributed by atoms with van der Waals surface area (Å²) < 4.78 is 11.4. The third-order valence-corrected chi connectivity index (χ3v) is 3.99. The topological polar surface area (TPSA) is 44.5 Å². The summed E-state index contributed by atoms with van der Waals surface area (Å²) in [6.07, 6.45) is 1.93. The molecule has 0 aromatic heterocycles. The molecule has 3 heteroatoms. The predicted octanol–water partition coefficient (Wildman–Crippen LogP) is 4.16. The highest BCUT2D eigenvalue weighted by Crippen LogP contribution is 2.22. The van der Waals surface area contributed by atoms with Gasteiger partial charge in [0.05, 0.1) is 13.2 Å². The zero-order valence-corrected chi connectivity index (χ0v) is 14.1. The van der Waals surface area contributed by atoms with E-state index in [-0.39, 0.29) is 0 Å². The lowest BCUT2D eigenvalue weighted by atomic mass is 9.96. The maximum Gasteiger partial charge on any atom is 0.119 e. The molecule has 0 aliphatic heterocycles. The number of rotatable bonds is 9. The normalized spacial score (nSPS) is 12.0. The van der Waals surface area contributed by atoms with Crippen molar-refractivity contribution >= 4 is 0 Å². The summed E-state index contributed by atoms with van der Waals surface area (Å²) in [4.78, 5) is 0. The highest BCUT2D eigenvalue weighted by atomic mass is 16.5.